The lowest BCUT2D eigenvalue weighted by atomic mass is 9.95. The maximum atomic E-state index is 13.2. The molecule has 0 spiro atoms. The summed E-state index contributed by atoms with van der Waals surface area (Å²) >= 11 is 3.41. The first-order valence-corrected chi connectivity index (χ1v) is 11.5. The van der Waals surface area contributed by atoms with Crippen molar-refractivity contribution in [1.29, 1.82) is 0 Å². The summed E-state index contributed by atoms with van der Waals surface area (Å²) in [4.78, 5) is 27.8. The summed E-state index contributed by atoms with van der Waals surface area (Å²) in [6.45, 7) is 0.319. The largest absolute Gasteiger partial charge is 0.507 e. The highest BCUT2D eigenvalue weighted by atomic mass is 79.9. The predicted octanol–water partition coefficient (Wildman–Crippen LogP) is 5.13. The van der Waals surface area contributed by atoms with E-state index in [-0.39, 0.29) is 11.3 Å². The number of hydrogen-bond acceptors (Lipinski definition) is 5. The van der Waals surface area contributed by atoms with Gasteiger partial charge in [-0.3, -0.25) is 9.59 Å². The molecule has 0 saturated carbocycles. The van der Waals surface area contributed by atoms with Crippen LogP contribution in [0.3, 0.4) is 0 Å². The van der Waals surface area contributed by atoms with Crippen LogP contribution in [0.4, 0.5) is 0 Å². The molecule has 174 valence electrons. The van der Waals surface area contributed by atoms with Crippen LogP contribution < -0.4 is 9.47 Å². The summed E-state index contributed by atoms with van der Waals surface area (Å²) in [5, 5.41) is 11.2. The number of carbonyl (C=O) groups is 2. The van der Waals surface area contributed by atoms with Gasteiger partial charge in [-0.15, -0.1) is 0 Å². The molecular weight excluding hydrogens is 498 g/mol. The minimum atomic E-state index is -0.701. The van der Waals surface area contributed by atoms with Crippen LogP contribution in [0.2, 0.25) is 0 Å². The summed E-state index contributed by atoms with van der Waals surface area (Å²) < 4.78 is 11.1. The van der Waals surface area contributed by atoms with Gasteiger partial charge < -0.3 is 19.5 Å². The van der Waals surface area contributed by atoms with Crippen LogP contribution in [0, 0.1) is 0 Å². The molecule has 3 aromatic rings. The average molecular weight is 522 g/mol. The van der Waals surface area contributed by atoms with Crippen molar-refractivity contribution in [3.63, 3.8) is 0 Å². The SMILES string of the molecule is COc1ccc(CCN2C(=O)C(=O)/C(=C(\O)c3ccc(OC)c(Br)c3)C2c2ccccc2)cc1. The van der Waals surface area contributed by atoms with Gasteiger partial charge in [-0.1, -0.05) is 42.5 Å². The zero-order valence-corrected chi connectivity index (χ0v) is 20.4. The molecule has 0 aromatic heterocycles. The van der Waals surface area contributed by atoms with Gasteiger partial charge in [0.25, 0.3) is 11.7 Å². The third-order valence-corrected chi connectivity index (χ3v) is 6.50. The van der Waals surface area contributed by atoms with E-state index in [4.69, 9.17) is 9.47 Å². The normalized spacial score (nSPS) is 17.1. The summed E-state index contributed by atoms with van der Waals surface area (Å²) in [5.41, 5.74) is 2.25. The van der Waals surface area contributed by atoms with Crippen molar-refractivity contribution in [2.24, 2.45) is 0 Å². The first-order chi connectivity index (χ1) is 16.4. The monoisotopic (exact) mass is 521 g/mol. The zero-order valence-electron chi connectivity index (χ0n) is 18.8. The quantitative estimate of drug-likeness (QED) is 0.265. The molecule has 1 fully saturated rings. The van der Waals surface area contributed by atoms with Crippen molar-refractivity contribution in [2.75, 3.05) is 20.8 Å². The Bertz CT molecular complexity index is 1240. The molecule has 1 amide bonds. The third-order valence-electron chi connectivity index (χ3n) is 5.88. The molecule has 7 heteroatoms. The Morgan fingerprint density at radius 1 is 0.971 bits per heavy atom. The number of ether oxygens (including phenoxy) is 2. The summed E-state index contributed by atoms with van der Waals surface area (Å²) in [5.74, 6) is -0.206. The molecule has 1 heterocycles. The maximum absolute atomic E-state index is 13.2. The number of Topliss-reactive ketones (excluding diaryl/α,β-unsaturated/α-hetero) is 1. The Morgan fingerprint density at radius 3 is 2.29 bits per heavy atom. The number of amides is 1. The Kier molecular flexibility index (Phi) is 7.03. The van der Waals surface area contributed by atoms with Crippen LogP contribution in [0.5, 0.6) is 11.5 Å². The van der Waals surface area contributed by atoms with Crippen molar-refractivity contribution < 1.29 is 24.2 Å². The number of likely N-dealkylation sites (tertiary alicyclic amines) is 1. The Morgan fingerprint density at radius 2 is 1.68 bits per heavy atom. The van der Waals surface area contributed by atoms with Crippen LogP contribution in [-0.2, 0) is 16.0 Å². The van der Waals surface area contributed by atoms with E-state index < -0.39 is 17.7 Å². The lowest BCUT2D eigenvalue weighted by Gasteiger charge is -2.25. The second-order valence-electron chi connectivity index (χ2n) is 7.85. The Hall–Kier alpha value is -3.58. The summed E-state index contributed by atoms with van der Waals surface area (Å²) in [6.07, 6.45) is 0.550. The number of methoxy groups -OCH3 is 2. The van der Waals surface area contributed by atoms with Crippen LogP contribution >= 0.6 is 15.9 Å². The number of aliphatic hydroxyl groups excluding tert-OH is 1. The minimum Gasteiger partial charge on any atom is -0.507 e. The fourth-order valence-electron chi connectivity index (χ4n) is 4.10. The number of ketones is 1. The minimum absolute atomic E-state index is 0.0722. The van der Waals surface area contributed by atoms with Gasteiger partial charge in [0, 0.05) is 12.1 Å². The van der Waals surface area contributed by atoms with Crippen LogP contribution in [0.1, 0.15) is 22.7 Å². The number of rotatable bonds is 7. The van der Waals surface area contributed by atoms with E-state index in [1.165, 1.54) is 4.90 Å². The van der Waals surface area contributed by atoms with Gasteiger partial charge >= 0.3 is 0 Å². The van der Waals surface area contributed by atoms with E-state index in [1.807, 2.05) is 54.6 Å². The molecule has 1 saturated heterocycles. The summed E-state index contributed by atoms with van der Waals surface area (Å²) in [6, 6.07) is 21.2. The van der Waals surface area contributed by atoms with E-state index in [9.17, 15) is 14.7 Å². The van der Waals surface area contributed by atoms with Crippen molar-refractivity contribution in [3.8, 4) is 11.5 Å². The lowest BCUT2D eigenvalue weighted by Crippen LogP contribution is -2.31. The number of aliphatic hydroxyl groups is 1. The topological polar surface area (TPSA) is 76.1 Å². The van der Waals surface area contributed by atoms with Gasteiger partial charge in [0.05, 0.1) is 30.3 Å². The van der Waals surface area contributed by atoms with Crippen LogP contribution in [0.25, 0.3) is 5.76 Å². The smallest absolute Gasteiger partial charge is 0.295 e. The fraction of sp³-hybridized carbons (Fsp3) is 0.185. The molecule has 6 nitrogen and oxygen atoms in total. The van der Waals surface area contributed by atoms with Gasteiger partial charge in [-0.05, 0) is 63.8 Å². The third kappa shape index (κ3) is 4.56. The standard InChI is InChI=1S/C27H24BrNO5/c1-33-20-11-8-17(9-12-20)14-15-29-24(18-6-4-3-5-7-18)23(26(31)27(29)32)25(30)19-10-13-22(34-2)21(28)16-19/h3-13,16,24,30H,14-15H2,1-2H3/b25-23-. The zero-order chi connectivity index (χ0) is 24.2. The number of carbonyl (C=O) groups excluding carboxylic acids is 2. The second kappa shape index (κ2) is 10.1. The molecule has 4 rings (SSSR count). The molecular formula is C27H24BrNO5. The van der Waals surface area contributed by atoms with Gasteiger partial charge in [0.2, 0.25) is 0 Å². The van der Waals surface area contributed by atoms with Crippen molar-refractivity contribution in [2.45, 2.75) is 12.5 Å². The highest BCUT2D eigenvalue weighted by molar-refractivity contribution is 9.10. The molecule has 1 aliphatic heterocycles. The van der Waals surface area contributed by atoms with E-state index in [0.29, 0.717) is 28.8 Å². The van der Waals surface area contributed by atoms with E-state index >= 15 is 0 Å². The predicted molar refractivity (Wildman–Crippen MR) is 133 cm³/mol. The van der Waals surface area contributed by atoms with E-state index in [0.717, 1.165) is 16.9 Å². The van der Waals surface area contributed by atoms with Gasteiger partial charge in [0.15, 0.2) is 0 Å². The molecule has 1 atom stereocenters. The van der Waals surface area contributed by atoms with Gasteiger partial charge in [-0.2, -0.15) is 0 Å². The molecule has 34 heavy (non-hydrogen) atoms. The fourth-order valence-corrected chi connectivity index (χ4v) is 4.64. The number of halogens is 1. The van der Waals surface area contributed by atoms with Crippen molar-refractivity contribution in [1.82, 2.24) is 4.90 Å². The van der Waals surface area contributed by atoms with E-state index in [1.54, 1.807) is 32.4 Å². The molecule has 3 aromatic carbocycles. The highest BCUT2D eigenvalue weighted by Gasteiger charge is 2.45. The maximum Gasteiger partial charge on any atom is 0.295 e. The summed E-state index contributed by atoms with van der Waals surface area (Å²) in [7, 11) is 3.15. The molecule has 1 unspecified atom stereocenters. The van der Waals surface area contributed by atoms with Gasteiger partial charge in [-0.25, -0.2) is 0 Å². The molecule has 0 aliphatic carbocycles. The second-order valence-corrected chi connectivity index (χ2v) is 8.70. The first-order valence-electron chi connectivity index (χ1n) is 10.7. The van der Waals surface area contributed by atoms with Crippen molar-refractivity contribution >= 4 is 33.4 Å². The van der Waals surface area contributed by atoms with Gasteiger partial charge in [0.1, 0.15) is 17.3 Å². The van der Waals surface area contributed by atoms with Crippen molar-refractivity contribution in [3.05, 3.63) is 99.5 Å². The lowest BCUT2D eigenvalue weighted by molar-refractivity contribution is -0.139. The van der Waals surface area contributed by atoms with Crippen LogP contribution in [0.15, 0.2) is 82.8 Å². The molecule has 0 bridgehead atoms. The number of benzene rings is 3. The Labute approximate surface area is 206 Å². The Balaban J connectivity index is 1.73. The molecule has 1 N–H and O–H groups in total. The molecule has 1 aliphatic rings. The van der Waals surface area contributed by atoms with E-state index in [2.05, 4.69) is 15.9 Å². The van der Waals surface area contributed by atoms with Crippen LogP contribution in [-0.4, -0.2) is 42.5 Å². The number of nitrogens with zero attached hydrogens (tertiary/aromatic N) is 1. The first kappa shape index (κ1) is 23.6. The highest BCUT2D eigenvalue weighted by Crippen LogP contribution is 2.40. The number of hydrogen-bond donors (Lipinski definition) is 1. The molecule has 0 radical (unpaired) electrons. The average Bonchev–Trinajstić information content (AvgIpc) is 3.12.